The van der Waals surface area contributed by atoms with E-state index in [1.54, 1.807) is 14.2 Å². The van der Waals surface area contributed by atoms with E-state index in [1.807, 2.05) is 18.2 Å². The van der Waals surface area contributed by atoms with E-state index < -0.39 is 11.9 Å². The smallest absolute Gasteiger partial charge is 0.414 e. The maximum atomic E-state index is 12.6. The number of carbonyl (C=O) groups is 3. The number of nitrogens with zero attached hydrogens (tertiary/aromatic N) is 2. The number of unbranched alkanes of at least 4 members (excludes halogenated alkanes) is 2. The zero-order valence-corrected chi connectivity index (χ0v) is 23.4. The standard InChI is InChI=1S/C28H39N3O3.C2H2O4/c1-33-23-14-15-24-22(21-23)9-8-10-25(24)29-28(32)13-4-3-7-16-30-17-19-31(20-18-30)26-11-5-6-12-27(26)34-2;3-1(4)2(5)6/h5-6,11-12,14-15,21,25H,3-4,7-10,13,16-20H2,1-2H3,(H,29,32);(H,3,4)(H,5,6). The molecule has 0 saturated carbocycles. The van der Waals surface area contributed by atoms with Gasteiger partial charge in [0.2, 0.25) is 5.91 Å². The van der Waals surface area contributed by atoms with Gasteiger partial charge in [0.15, 0.2) is 0 Å². The molecule has 4 rings (SSSR count). The molecule has 10 nitrogen and oxygen atoms in total. The third kappa shape index (κ3) is 9.15. The van der Waals surface area contributed by atoms with Gasteiger partial charge in [-0.1, -0.05) is 24.6 Å². The van der Waals surface area contributed by atoms with Crippen LogP contribution >= 0.6 is 0 Å². The number of para-hydroxylation sites is 2. The van der Waals surface area contributed by atoms with Crippen LogP contribution < -0.4 is 19.7 Å². The number of aryl methyl sites for hydroxylation is 1. The number of benzene rings is 2. The molecular weight excluding hydrogens is 514 g/mol. The van der Waals surface area contributed by atoms with Gasteiger partial charge in [-0.15, -0.1) is 0 Å². The van der Waals surface area contributed by atoms with Gasteiger partial charge in [0.1, 0.15) is 11.5 Å². The summed E-state index contributed by atoms with van der Waals surface area (Å²) in [6.45, 7) is 5.31. The van der Waals surface area contributed by atoms with Crippen LogP contribution in [0.4, 0.5) is 5.69 Å². The number of rotatable bonds is 10. The Balaban J connectivity index is 0.000000663. The van der Waals surface area contributed by atoms with Gasteiger partial charge in [0.05, 0.1) is 25.9 Å². The Hall–Kier alpha value is -3.79. The molecule has 0 spiro atoms. The van der Waals surface area contributed by atoms with Crippen LogP contribution in [0.3, 0.4) is 0 Å². The number of carboxylic acids is 2. The van der Waals surface area contributed by atoms with Crippen molar-refractivity contribution >= 4 is 23.5 Å². The highest BCUT2D eigenvalue weighted by molar-refractivity contribution is 6.27. The van der Waals surface area contributed by atoms with Gasteiger partial charge in [-0.05, 0) is 74.0 Å². The monoisotopic (exact) mass is 555 g/mol. The van der Waals surface area contributed by atoms with E-state index in [1.165, 1.54) is 16.8 Å². The highest BCUT2D eigenvalue weighted by Crippen LogP contribution is 2.32. The first-order valence-electron chi connectivity index (χ1n) is 13.8. The van der Waals surface area contributed by atoms with Crippen LogP contribution in [0.15, 0.2) is 42.5 Å². The first-order valence-corrected chi connectivity index (χ1v) is 13.8. The molecule has 1 unspecified atom stereocenters. The minimum absolute atomic E-state index is 0.140. The summed E-state index contributed by atoms with van der Waals surface area (Å²) >= 11 is 0. The van der Waals surface area contributed by atoms with Crippen LogP contribution in [0.2, 0.25) is 0 Å². The number of aliphatic carboxylic acids is 2. The number of carboxylic acid groups (broad SMARTS) is 2. The number of carbonyl (C=O) groups excluding carboxylic acids is 1. The molecule has 0 aromatic heterocycles. The van der Waals surface area contributed by atoms with E-state index in [0.717, 1.165) is 82.7 Å². The van der Waals surface area contributed by atoms with Crippen molar-refractivity contribution in [1.29, 1.82) is 0 Å². The fourth-order valence-electron chi connectivity index (χ4n) is 5.24. The summed E-state index contributed by atoms with van der Waals surface area (Å²) in [5.41, 5.74) is 3.75. The number of ether oxygens (including phenoxy) is 2. The van der Waals surface area contributed by atoms with E-state index in [2.05, 4.69) is 39.4 Å². The van der Waals surface area contributed by atoms with Crippen molar-refractivity contribution in [2.45, 2.75) is 51.0 Å². The minimum Gasteiger partial charge on any atom is -0.497 e. The number of fused-ring (bicyclic) bond motifs is 1. The fraction of sp³-hybridized carbons (Fsp3) is 0.500. The van der Waals surface area contributed by atoms with E-state index in [0.29, 0.717) is 6.42 Å². The molecule has 1 heterocycles. The molecule has 2 aliphatic rings. The molecule has 0 bridgehead atoms. The van der Waals surface area contributed by atoms with Crippen LogP contribution in [0.1, 0.15) is 55.7 Å². The van der Waals surface area contributed by atoms with Crippen LogP contribution in [-0.4, -0.2) is 79.9 Å². The maximum absolute atomic E-state index is 12.6. The summed E-state index contributed by atoms with van der Waals surface area (Å²) in [5, 5.41) is 18.1. The topological polar surface area (TPSA) is 129 Å². The number of methoxy groups -OCH3 is 2. The molecule has 40 heavy (non-hydrogen) atoms. The number of piperazine rings is 1. The molecular formula is C30H41N3O7. The Bertz CT molecular complexity index is 1120. The summed E-state index contributed by atoms with van der Waals surface area (Å²) in [6.07, 6.45) is 7.00. The van der Waals surface area contributed by atoms with Gasteiger partial charge in [0.25, 0.3) is 0 Å². The summed E-state index contributed by atoms with van der Waals surface area (Å²) in [4.78, 5) is 35.7. The summed E-state index contributed by atoms with van der Waals surface area (Å²) < 4.78 is 10.9. The van der Waals surface area contributed by atoms with Crippen LogP contribution in [0.5, 0.6) is 11.5 Å². The normalized spacial score (nSPS) is 16.6. The first-order chi connectivity index (χ1) is 19.3. The minimum atomic E-state index is -1.82. The third-order valence-corrected chi connectivity index (χ3v) is 7.36. The predicted octanol–water partition coefficient (Wildman–Crippen LogP) is 3.74. The number of nitrogens with one attached hydrogen (secondary N) is 1. The van der Waals surface area contributed by atoms with Crippen molar-refractivity contribution in [2.24, 2.45) is 0 Å². The lowest BCUT2D eigenvalue weighted by atomic mass is 9.87. The summed E-state index contributed by atoms with van der Waals surface area (Å²) in [7, 11) is 3.44. The third-order valence-electron chi connectivity index (χ3n) is 7.36. The van der Waals surface area contributed by atoms with Crippen LogP contribution in [0, 0.1) is 0 Å². The van der Waals surface area contributed by atoms with Crippen LogP contribution in [0.25, 0.3) is 0 Å². The Labute approximate surface area is 235 Å². The second-order valence-electron chi connectivity index (χ2n) is 10.00. The van der Waals surface area contributed by atoms with Crippen molar-refractivity contribution in [3.05, 3.63) is 53.6 Å². The van der Waals surface area contributed by atoms with Crippen molar-refractivity contribution in [2.75, 3.05) is 51.8 Å². The summed E-state index contributed by atoms with van der Waals surface area (Å²) in [6, 6.07) is 14.6. The van der Waals surface area contributed by atoms with Gasteiger partial charge in [0, 0.05) is 32.6 Å². The second-order valence-corrected chi connectivity index (χ2v) is 10.00. The van der Waals surface area contributed by atoms with Gasteiger partial charge in [-0.2, -0.15) is 0 Å². The van der Waals surface area contributed by atoms with Crippen molar-refractivity contribution in [1.82, 2.24) is 10.2 Å². The molecule has 1 amide bonds. The largest absolute Gasteiger partial charge is 0.497 e. The molecule has 10 heteroatoms. The molecule has 0 radical (unpaired) electrons. The molecule has 1 saturated heterocycles. The number of hydrogen-bond donors (Lipinski definition) is 3. The molecule has 2 aromatic rings. The Morgan fingerprint density at radius 3 is 2.33 bits per heavy atom. The highest BCUT2D eigenvalue weighted by Gasteiger charge is 2.22. The summed E-state index contributed by atoms with van der Waals surface area (Å²) in [5.74, 6) is -1.62. The van der Waals surface area contributed by atoms with E-state index >= 15 is 0 Å². The molecule has 1 aliphatic carbocycles. The quantitative estimate of drug-likeness (QED) is 0.297. The van der Waals surface area contributed by atoms with Crippen molar-refractivity contribution in [3.8, 4) is 11.5 Å². The van der Waals surface area contributed by atoms with Gasteiger partial charge in [-0.3, -0.25) is 9.69 Å². The van der Waals surface area contributed by atoms with Gasteiger partial charge >= 0.3 is 11.9 Å². The zero-order valence-electron chi connectivity index (χ0n) is 23.4. The molecule has 218 valence electrons. The van der Waals surface area contributed by atoms with E-state index in [-0.39, 0.29) is 11.9 Å². The Morgan fingerprint density at radius 1 is 0.925 bits per heavy atom. The Kier molecular flexibility index (Phi) is 12.1. The number of anilines is 1. The average molecular weight is 556 g/mol. The molecule has 2 aromatic carbocycles. The van der Waals surface area contributed by atoms with Gasteiger partial charge < -0.3 is 29.9 Å². The molecule has 3 N–H and O–H groups in total. The Morgan fingerprint density at radius 2 is 1.65 bits per heavy atom. The number of amides is 1. The lowest BCUT2D eigenvalue weighted by molar-refractivity contribution is -0.159. The van der Waals surface area contributed by atoms with Crippen LogP contribution in [-0.2, 0) is 20.8 Å². The molecule has 1 aliphatic heterocycles. The van der Waals surface area contributed by atoms with Crippen molar-refractivity contribution < 1.29 is 34.1 Å². The van der Waals surface area contributed by atoms with Gasteiger partial charge in [-0.25, -0.2) is 9.59 Å². The predicted molar refractivity (Wildman–Crippen MR) is 152 cm³/mol. The number of hydrogen-bond acceptors (Lipinski definition) is 7. The molecule has 1 fully saturated rings. The van der Waals surface area contributed by atoms with E-state index in [4.69, 9.17) is 29.3 Å². The molecule has 1 atom stereocenters. The maximum Gasteiger partial charge on any atom is 0.414 e. The SMILES string of the molecule is COc1ccc2c(c1)CCCC2NC(=O)CCCCCN1CCN(c2ccccc2OC)CC1.O=C(O)C(=O)O. The van der Waals surface area contributed by atoms with Crippen molar-refractivity contribution in [3.63, 3.8) is 0 Å². The first kappa shape index (κ1) is 30.7. The van der Waals surface area contributed by atoms with E-state index in [9.17, 15) is 4.79 Å². The average Bonchev–Trinajstić information content (AvgIpc) is 2.97. The lowest BCUT2D eigenvalue weighted by Gasteiger charge is -2.36. The fourth-order valence-corrected chi connectivity index (χ4v) is 5.24. The highest BCUT2D eigenvalue weighted by atomic mass is 16.5. The lowest BCUT2D eigenvalue weighted by Crippen LogP contribution is -2.46. The second kappa shape index (κ2) is 15.7. The zero-order chi connectivity index (χ0) is 28.9.